The van der Waals surface area contributed by atoms with Gasteiger partial charge in [0.2, 0.25) is 5.91 Å². The molecular formula is C42H58BN4O27P3S4. The van der Waals surface area contributed by atoms with Crippen LogP contribution in [-0.4, -0.2) is 178 Å². The maximum atomic E-state index is 13.1. The number of carbonyl (C=O) groups is 3. The first-order valence-electron chi connectivity index (χ1n) is 23.6. The summed E-state index contributed by atoms with van der Waals surface area (Å²) >= 11 is 0. The van der Waals surface area contributed by atoms with E-state index in [4.69, 9.17) is 58.3 Å². The van der Waals surface area contributed by atoms with Crippen LogP contribution in [0.3, 0.4) is 0 Å². The van der Waals surface area contributed by atoms with Crippen LogP contribution < -0.4 is 21.7 Å². The van der Waals surface area contributed by atoms with Gasteiger partial charge < -0.3 is 73.9 Å². The number of phosphoric acid groups is 3. The van der Waals surface area contributed by atoms with Gasteiger partial charge in [-0.3, -0.25) is 28.6 Å². The Bertz CT molecular complexity index is 3320. The highest BCUT2D eigenvalue weighted by molar-refractivity contribution is 8.77. The maximum absolute atomic E-state index is 13.1. The molecular weight excluding hydrogens is 1220 g/mol. The van der Waals surface area contributed by atoms with E-state index < -0.39 is 117 Å². The quantitative estimate of drug-likeness (QED) is 0.00467. The predicted molar refractivity (Wildman–Crippen MR) is 289 cm³/mol. The summed E-state index contributed by atoms with van der Waals surface area (Å²) in [7, 11) is -22.5. The first-order chi connectivity index (χ1) is 37.7. The van der Waals surface area contributed by atoms with Gasteiger partial charge in [-0.25, -0.2) is 18.5 Å². The van der Waals surface area contributed by atoms with Gasteiger partial charge in [0.1, 0.15) is 19.9 Å². The van der Waals surface area contributed by atoms with Crippen molar-refractivity contribution >= 4 is 108 Å². The van der Waals surface area contributed by atoms with Gasteiger partial charge >= 0.3 is 29.4 Å². The molecule has 2 aromatic rings. The monoisotopic (exact) mass is 1280 g/mol. The minimum atomic E-state index is -5.67. The van der Waals surface area contributed by atoms with Crippen molar-refractivity contribution < 1.29 is 125 Å². The Labute approximate surface area is 471 Å². The van der Waals surface area contributed by atoms with Crippen molar-refractivity contribution in [3.63, 3.8) is 0 Å². The smallest absolute Gasteiger partial charge is 0.478 e. The molecule has 12 N–H and O–H groups in total. The maximum Gasteiger partial charge on any atom is 0.490 e. The van der Waals surface area contributed by atoms with Crippen LogP contribution in [-0.2, 0) is 80.3 Å². The minimum Gasteiger partial charge on any atom is -0.478 e. The number of anilines is 1. The van der Waals surface area contributed by atoms with Crippen molar-refractivity contribution in [1.82, 2.24) is 10.6 Å². The highest BCUT2D eigenvalue weighted by Gasteiger charge is 2.43. The van der Waals surface area contributed by atoms with Crippen LogP contribution in [0.1, 0.15) is 47.4 Å². The summed E-state index contributed by atoms with van der Waals surface area (Å²) in [6, 6.07) is 7.62. The van der Waals surface area contributed by atoms with Gasteiger partial charge in [-0.05, 0) is 62.2 Å². The number of hydrogen-bond acceptors (Lipinski definition) is 24. The molecule has 0 bridgehead atoms. The third kappa shape index (κ3) is 21.0. The Morgan fingerprint density at radius 3 is 2.04 bits per heavy atom. The molecule has 1 aliphatic carbocycles. The highest BCUT2D eigenvalue weighted by Crippen LogP contribution is 2.66. The number of rotatable bonds is 34. The first kappa shape index (κ1) is 67.9. The van der Waals surface area contributed by atoms with E-state index in [-0.39, 0.29) is 111 Å². The van der Waals surface area contributed by atoms with E-state index in [2.05, 4.69) is 19.3 Å². The molecule has 81 heavy (non-hydrogen) atoms. The fourth-order valence-electron chi connectivity index (χ4n) is 7.58. The molecule has 2 aliphatic heterocycles. The third-order valence-electron chi connectivity index (χ3n) is 10.9. The van der Waals surface area contributed by atoms with Crippen LogP contribution >= 0.6 is 45.1 Å². The van der Waals surface area contributed by atoms with Crippen molar-refractivity contribution in [2.75, 3.05) is 84.2 Å². The zero-order chi connectivity index (χ0) is 60.1. The number of carboxylic acid groups (broad SMARTS) is 1. The molecule has 0 saturated carbocycles. The third-order valence-corrected chi connectivity index (χ3v) is 19.5. The van der Waals surface area contributed by atoms with E-state index >= 15 is 0 Å². The minimum absolute atomic E-state index is 0.00171. The van der Waals surface area contributed by atoms with Gasteiger partial charge in [0.25, 0.3) is 26.1 Å². The zero-order valence-corrected chi connectivity index (χ0v) is 49.0. The molecule has 31 nitrogen and oxygen atoms in total. The van der Waals surface area contributed by atoms with Crippen molar-refractivity contribution in [3.05, 3.63) is 58.9 Å². The number of fused-ring (bicyclic) bond motifs is 2. The fourth-order valence-corrected chi connectivity index (χ4v) is 14.3. The Kier molecular flexibility index (Phi) is 24.5. The second-order valence-corrected chi connectivity index (χ2v) is 27.9. The lowest BCUT2D eigenvalue weighted by Crippen LogP contribution is -2.36. The molecule has 1 fully saturated rings. The number of carboxylic acids is 1. The molecule has 2 heterocycles. The number of nitrogen functional groups attached to an aromatic ring is 1. The number of carbonyl (C=O) groups excluding carboxylic acids is 2. The lowest BCUT2D eigenvalue weighted by Gasteiger charge is -2.24. The Morgan fingerprint density at radius 1 is 0.827 bits per heavy atom. The zero-order valence-electron chi connectivity index (χ0n) is 43.0. The summed E-state index contributed by atoms with van der Waals surface area (Å²) in [4.78, 5) is 72.7. The van der Waals surface area contributed by atoms with Gasteiger partial charge in [0.05, 0.1) is 82.2 Å². The number of amides is 2. The molecule has 3 aliphatic rings. The average Bonchev–Trinajstić information content (AvgIpc) is 3.78. The number of nitrogens with two attached hydrogens (primary N) is 1. The standard InChI is InChI=1S/C42H58BN4O27P3S4/c1-42(2,79-78-23-69-31-20-33(43)71-32(31)21-70-76(55,56)74-77(57,58)73-75(52,53)54)22-47-34(48)9-11-65-13-15-67-17-18-68-16-14-66-12-10-46-40(49)24-3-4-25(28(19-24)41(50)51)35-26-5-7-29(44)38(80(59,60)61)36(26)72-37-27(35)6-8-30(45)39(37)81(62,63)64/h3-8,19,31-33,44H,9-18,20-23,43,45H2,1-2H3,(H,46,49)(H,47,48)(H,50,51)(H,55,56)(H,57,58)(H2,52,53,54)(H,59,60,61)(H,62,63,64)/t31?,32-,33-/m1/s1. The SMILES string of the molecule is B[C@H]1CC(OCSSC(C)(C)CNC(=O)CCOCCOCCOCCOCCNC(=O)c2ccc(-c3c4ccc(=N)c(S(=O)(=O)O)c-4oc4c(S(=O)(=O)O)c(N)ccc34)c(C(=O)O)c2)[C@@H](COP(=O)(O)OP(=O)(O)OP(=O)(O)O)O1. The van der Waals surface area contributed by atoms with Gasteiger partial charge in [0.15, 0.2) is 21.1 Å². The van der Waals surface area contributed by atoms with E-state index in [1.807, 2.05) is 13.8 Å². The van der Waals surface area contributed by atoms with Crippen molar-refractivity contribution in [3.8, 4) is 22.5 Å². The largest absolute Gasteiger partial charge is 0.490 e. The predicted octanol–water partition coefficient (Wildman–Crippen LogP) is 2.35. The van der Waals surface area contributed by atoms with E-state index in [0.717, 1.165) is 18.2 Å². The topological polar surface area (TPSA) is 482 Å². The molecule has 0 aromatic heterocycles. The van der Waals surface area contributed by atoms with Crippen molar-refractivity contribution in [2.45, 2.75) is 59.4 Å². The molecule has 2 aromatic carbocycles. The van der Waals surface area contributed by atoms with Gasteiger partial charge in [-0.2, -0.15) is 25.5 Å². The van der Waals surface area contributed by atoms with Crippen molar-refractivity contribution in [1.29, 1.82) is 5.41 Å². The molecule has 3 unspecified atom stereocenters. The van der Waals surface area contributed by atoms with Crippen LogP contribution in [0.25, 0.3) is 33.4 Å². The Hall–Kier alpha value is -3.91. The van der Waals surface area contributed by atoms with Gasteiger partial charge in [0, 0.05) is 52.3 Å². The Balaban J connectivity index is 0.938. The number of benzene rings is 3. The molecule has 39 heteroatoms. The second-order valence-electron chi connectivity index (χ2n) is 17.8. The second kappa shape index (κ2) is 29.3. The van der Waals surface area contributed by atoms with Crippen LogP contribution in [0.5, 0.6) is 0 Å². The van der Waals surface area contributed by atoms with E-state index in [1.165, 1.54) is 45.9 Å². The van der Waals surface area contributed by atoms with E-state index in [0.29, 0.717) is 13.0 Å². The molecule has 0 spiro atoms. The molecule has 5 atom stereocenters. The molecule has 1 saturated heterocycles. The molecule has 5 rings (SSSR count). The van der Waals surface area contributed by atoms with Crippen LogP contribution in [0.2, 0.25) is 0 Å². The van der Waals surface area contributed by atoms with Crippen molar-refractivity contribution in [2.24, 2.45) is 0 Å². The number of aromatic carboxylic acids is 1. The Morgan fingerprint density at radius 2 is 1.43 bits per heavy atom. The van der Waals surface area contributed by atoms with E-state index in [9.17, 15) is 68.9 Å². The summed E-state index contributed by atoms with van der Waals surface area (Å²) in [5.74, 6) is -3.12. The first-order valence-corrected chi connectivity index (χ1v) is 33.3. The number of phosphoric ester groups is 1. The number of nitrogens with one attached hydrogen (secondary N) is 3. The summed E-state index contributed by atoms with van der Waals surface area (Å²) < 4.78 is 155. The fraction of sp³-hybridized carbons (Fsp3) is 0.476. The lowest BCUT2D eigenvalue weighted by atomic mass is 9.89. The normalized spacial score (nSPS) is 17.7. The van der Waals surface area contributed by atoms with Crippen LogP contribution in [0, 0.1) is 5.41 Å². The molecule has 0 radical (unpaired) electrons. The summed E-state index contributed by atoms with van der Waals surface area (Å²) in [5, 5.41) is 23.0. The summed E-state index contributed by atoms with van der Waals surface area (Å²) in [6.07, 6.45) is -1.07. The van der Waals surface area contributed by atoms with E-state index in [1.54, 1.807) is 7.85 Å². The average molecular weight is 1280 g/mol. The van der Waals surface area contributed by atoms with Crippen LogP contribution in [0.4, 0.5) is 5.69 Å². The molecule has 2 amide bonds. The number of hydrogen-bond donors (Lipinski definition) is 11. The highest BCUT2D eigenvalue weighted by atomic mass is 33.1. The van der Waals surface area contributed by atoms with Gasteiger partial charge in [-0.15, -0.1) is 0 Å². The lowest BCUT2D eigenvalue weighted by molar-refractivity contribution is -0.122. The molecule has 450 valence electrons. The van der Waals surface area contributed by atoms with Crippen LogP contribution in [0.15, 0.2) is 56.7 Å². The summed E-state index contributed by atoms with van der Waals surface area (Å²) in [6.45, 7) is 4.89. The summed E-state index contributed by atoms with van der Waals surface area (Å²) in [5.41, 5.74) is 3.47. The number of ether oxygens (including phenoxy) is 6. The van der Waals surface area contributed by atoms with Gasteiger partial charge in [-0.1, -0.05) is 27.7 Å².